The molecule has 0 atom stereocenters. The van der Waals surface area contributed by atoms with E-state index >= 15 is 0 Å². The van der Waals surface area contributed by atoms with Crippen LogP contribution in [0.3, 0.4) is 0 Å². The number of aromatic carboxylic acids is 1. The van der Waals surface area contributed by atoms with E-state index in [9.17, 15) is 27.5 Å². The van der Waals surface area contributed by atoms with E-state index in [4.69, 9.17) is 16.3 Å². The second kappa shape index (κ2) is 7.95. The van der Waals surface area contributed by atoms with Crippen LogP contribution in [0.5, 0.6) is 11.5 Å². The van der Waals surface area contributed by atoms with E-state index in [1.807, 2.05) is 0 Å². The molecule has 0 bridgehead atoms. The second-order valence-electron chi connectivity index (χ2n) is 4.17. The number of alkyl halides is 3. The third kappa shape index (κ3) is 5.17. The van der Waals surface area contributed by atoms with Gasteiger partial charge in [-0.25, -0.2) is 4.39 Å². The molecule has 0 amide bonds. The van der Waals surface area contributed by atoms with Crippen molar-refractivity contribution in [3.63, 3.8) is 0 Å². The third-order valence-electron chi connectivity index (χ3n) is 2.64. The molecule has 0 radical (unpaired) electrons. The number of benzene rings is 2. The second-order valence-corrected chi connectivity index (χ2v) is 4.58. The molecule has 0 aliphatic heterocycles. The van der Waals surface area contributed by atoms with Gasteiger partial charge in [0.2, 0.25) is 0 Å². The predicted molar refractivity (Wildman–Crippen MR) is 67.3 cm³/mol. The number of halogens is 5. The molecule has 0 heterocycles. The summed E-state index contributed by atoms with van der Waals surface area (Å²) >= 11 is 5.52. The molecule has 2 aromatic carbocycles. The van der Waals surface area contributed by atoms with Crippen molar-refractivity contribution in [3.05, 3.63) is 58.4 Å². The average molecular weight is 373 g/mol. The predicted octanol–water partition coefficient (Wildman–Crippen LogP) is 0.658. The Hall–Kier alpha value is -0.644. The summed E-state index contributed by atoms with van der Waals surface area (Å²) in [4.78, 5) is 10.7. The van der Waals surface area contributed by atoms with Gasteiger partial charge in [0.25, 0.3) is 0 Å². The molecule has 0 aliphatic rings. The Kier molecular flexibility index (Phi) is 7.05. The molecule has 9 heteroatoms. The third-order valence-corrected chi connectivity index (χ3v) is 2.95. The zero-order valence-corrected chi connectivity index (χ0v) is 15.5. The van der Waals surface area contributed by atoms with Gasteiger partial charge in [-0.3, -0.25) is 0 Å². The normalized spacial score (nSPS) is 10.8. The average Bonchev–Trinajstić information content (AvgIpc) is 2.39. The summed E-state index contributed by atoms with van der Waals surface area (Å²) in [5.41, 5.74) is -1.76. The summed E-state index contributed by atoms with van der Waals surface area (Å²) in [5, 5.41) is 10.1. The first-order valence-corrected chi connectivity index (χ1v) is 6.12. The van der Waals surface area contributed by atoms with Crippen LogP contribution in [0.1, 0.15) is 15.9 Å². The minimum atomic E-state index is -4.60. The standard InChI is InChI=1S/C14H7ClF4O3.K/c15-11-6-8(1-3-10(11)14(17,18)19)22-7-2-4-12(16)9(5-7)13(20)21;/h1-6H,(H,20,21);/q;+1/p-1. The number of ether oxygens (including phenoxy) is 1. The van der Waals surface area contributed by atoms with Crippen molar-refractivity contribution < 1.29 is 83.6 Å². The maximum absolute atomic E-state index is 13.2. The monoisotopic (exact) mass is 372 g/mol. The van der Waals surface area contributed by atoms with Gasteiger partial charge in [-0.2, -0.15) is 13.2 Å². The van der Waals surface area contributed by atoms with E-state index in [0.717, 1.165) is 36.4 Å². The molecule has 0 saturated heterocycles. The van der Waals surface area contributed by atoms with Gasteiger partial charge >= 0.3 is 57.6 Å². The molecule has 3 nitrogen and oxygen atoms in total. The summed E-state index contributed by atoms with van der Waals surface area (Å²) in [6.07, 6.45) is -4.60. The Morgan fingerprint density at radius 1 is 1.09 bits per heavy atom. The quantitative estimate of drug-likeness (QED) is 0.587. The maximum atomic E-state index is 13.2. The van der Waals surface area contributed by atoms with E-state index in [0.29, 0.717) is 0 Å². The molecule has 0 fully saturated rings. The van der Waals surface area contributed by atoms with E-state index in [1.165, 1.54) is 0 Å². The Morgan fingerprint density at radius 2 is 1.65 bits per heavy atom. The molecule has 0 spiro atoms. The maximum Gasteiger partial charge on any atom is 1.00 e. The molecule has 0 saturated carbocycles. The molecular formula is C14H6ClF4KO3. The van der Waals surface area contributed by atoms with Crippen LogP contribution in [0, 0.1) is 5.82 Å². The minimum absolute atomic E-state index is 0. The van der Waals surface area contributed by atoms with Crippen LogP contribution in [0.4, 0.5) is 17.6 Å². The van der Waals surface area contributed by atoms with Crippen molar-refractivity contribution in [2.75, 3.05) is 0 Å². The Labute approximate surface area is 175 Å². The van der Waals surface area contributed by atoms with Crippen LogP contribution in [0.15, 0.2) is 36.4 Å². The Bertz CT molecular complexity index is 734. The summed E-state index contributed by atoms with van der Waals surface area (Å²) in [7, 11) is 0. The van der Waals surface area contributed by atoms with E-state index < -0.39 is 34.1 Å². The topological polar surface area (TPSA) is 49.4 Å². The van der Waals surface area contributed by atoms with Gasteiger partial charge < -0.3 is 14.6 Å². The fraction of sp³-hybridized carbons (Fsp3) is 0.0714. The van der Waals surface area contributed by atoms with Gasteiger partial charge in [0.1, 0.15) is 17.3 Å². The van der Waals surface area contributed by atoms with E-state index in [1.54, 1.807) is 0 Å². The van der Waals surface area contributed by atoms with Crippen molar-refractivity contribution in [1.82, 2.24) is 0 Å². The fourth-order valence-corrected chi connectivity index (χ4v) is 1.93. The summed E-state index contributed by atoms with van der Waals surface area (Å²) in [6, 6.07) is 5.47. The molecule has 0 aliphatic carbocycles. The van der Waals surface area contributed by atoms with E-state index in [2.05, 4.69) is 0 Å². The van der Waals surface area contributed by atoms with Crippen molar-refractivity contribution in [2.24, 2.45) is 0 Å². The number of carbonyl (C=O) groups excluding carboxylic acids is 1. The van der Waals surface area contributed by atoms with Gasteiger partial charge in [0, 0.05) is 11.6 Å². The molecule has 0 N–H and O–H groups in total. The van der Waals surface area contributed by atoms with Gasteiger partial charge in [0.05, 0.1) is 16.6 Å². The van der Waals surface area contributed by atoms with Crippen molar-refractivity contribution in [3.8, 4) is 11.5 Å². The molecule has 2 rings (SSSR count). The SMILES string of the molecule is O=C([O-])c1cc(Oc2ccc(C(F)(F)F)c(Cl)c2)ccc1F.[K+]. The largest absolute Gasteiger partial charge is 1.00 e. The van der Waals surface area contributed by atoms with E-state index in [-0.39, 0.29) is 62.9 Å². The minimum Gasteiger partial charge on any atom is -0.545 e. The molecule has 0 unspecified atom stereocenters. The van der Waals surface area contributed by atoms with Crippen LogP contribution in [0.2, 0.25) is 5.02 Å². The molecule has 2 aromatic rings. The van der Waals surface area contributed by atoms with Crippen molar-refractivity contribution >= 4 is 17.6 Å². The Balaban J connectivity index is 0.00000264. The van der Waals surface area contributed by atoms with Gasteiger partial charge in [-0.05, 0) is 30.3 Å². The van der Waals surface area contributed by atoms with Gasteiger partial charge in [0.15, 0.2) is 0 Å². The van der Waals surface area contributed by atoms with Crippen LogP contribution < -0.4 is 61.2 Å². The van der Waals surface area contributed by atoms with Gasteiger partial charge in [-0.15, -0.1) is 0 Å². The van der Waals surface area contributed by atoms with Crippen LogP contribution in [-0.4, -0.2) is 5.97 Å². The summed E-state index contributed by atoms with van der Waals surface area (Å²) in [6.45, 7) is 0. The van der Waals surface area contributed by atoms with Gasteiger partial charge in [-0.1, -0.05) is 11.6 Å². The summed E-state index contributed by atoms with van der Waals surface area (Å²) < 4.78 is 56.0. The number of carboxylic acid groups (broad SMARTS) is 1. The zero-order valence-electron chi connectivity index (χ0n) is 11.6. The number of rotatable bonds is 3. The first kappa shape index (κ1) is 20.4. The van der Waals surface area contributed by atoms with Crippen molar-refractivity contribution in [2.45, 2.75) is 6.18 Å². The first-order chi connectivity index (χ1) is 10.2. The molecular weight excluding hydrogens is 367 g/mol. The van der Waals surface area contributed by atoms with Crippen LogP contribution in [0.25, 0.3) is 0 Å². The Morgan fingerprint density at radius 3 is 2.17 bits per heavy atom. The number of carbonyl (C=O) groups is 1. The smallest absolute Gasteiger partial charge is 0.545 e. The number of hydrogen-bond donors (Lipinski definition) is 0. The first-order valence-electron chi connectivity index (χ1n) is 5.74. The van der Waals surface area contributed by atoms with Crippen LogP contribution >= 0.6 is 11.6 Å². The van der Waals surface area contributed by atoms with Crippen LogP contribution in [-0.2, 0) is 6.18 Å². The van der Waals surface area contributed by atoms with Crippen molar-refractivity contribution in [1.29, 1.82) is 0 Å². The number of carboxylic acids is 1. The molecule has 23 heavy (non-hydrogen) atoms. The number of hydrogen-bond acceptors (Lipinski definition) is 3. The molecule has 116 valence electrons. The molecule has 0 aromatic heterocycles. The fourth-order valence-electron chi connectivity index (χ4n) is 1.65. The zero-order chi connectivity index (χ0) is 16.5. The summed E-state index contributed by atoms with van der Waals surface area (Å²) in [5.74, 6) is -2.91.